The zero-order chi connectivity index (χ0) is 13.9. The van der Waals surface area contributed by atoms with Gasteiger partial charge in [-0.3, -0.25) is 4.68 Å². The molecule has 0 saturated heterocycles. The Bertz CT molecular complexity index is 668. The molecule has 20 heavy (non-hydrogen) atoms. The Hall–Kier alpha value is -2.14. The summed E-state index contributed by atoms with van der Waals surface area (Å²) < 4.78 is 7.75. The fraction of sp³-hybridized carbons (Fsp3) is 0.333. The lowest BCUT2D eigenvalue weighted by molar-refractivity contribution is 0.451. The number of para-hydroxylation sites is 1. The van der Waals surface area contributed by atoms with Gasteiger partial charge in [0.1, 0.15) is 17.4 Å². The summed E-state index contributed by atoms with van der Waals surface area (Å²) in [5.41, 5.74) is 1.90. The molecule has 2 aromatic heterocycles. The maximum absolute atomic E-state index is 5.97. The van der Waals surface area contributed by atoms with E-state index in [0.717, 1.165) is 35.4 Å². The summed E-state index contributed by atoms with van der Waals surface area (Å²) in [6, 6.07) is 10.1. The summed E-state index contributed by atoms with van der Waals surface area (Å²) in [6.45, 7) is 3.05. The Balaban J connectivity index is 2.02. The van der Waals surface area contributed by atoms with Crippen LogP contribution in [0, 0.1) is 0 Å². The average molecular weight is 270 g/mol. The number of hydrogen-bond acceptors (Lipinski definition) is 4. The highest BCUT2D eigenvalue weighted by Gasteiger charge is 2.21. The molecule has 0 amide bonds. The minimum absolute atomic E-state index is 0.0256. The van der Waals surface area contributed by atoms with Crippen molar-refractivity contribution in [3.63, 3.8) is 0 Å². The highest BCUT2D eigenvalue weighted by atomic mass is 16.3. The molecular formula is C15H18N4O. The van der Waals surface area contributed by atoms with Crippen LogP contribution >= 0.6 is 0 Å². The Morgan fingerprint density at radius 1 is 1.35 bits per heavy atom. The second-order valence-corrected chi connectivity index (χ2v) is 4.86. The van der Waals surface area contributed by atoms with E-state index < -0.39 is 0 Å². The molecule has 3 rings (SSSR count). The zero-order valence-corrected chi connectivity index (χ0v) is 11.7. The van der Waals surface area contributed by atoms with Gasteiger partial charge in [0.25, 0.3) is 0 Å². The molecule has 0 saturated carbocycles. The molecule has 5 nitrogen and oxygen atoms in total. The molecule has 0 radical (unpaired) electrons. The van der Waals surface area contributed by atoms with Crippen molar-refractivity contribution in [2.75, 3.05) is 6.54 Å². The standard InChI is InChI=1S/C15H18N4O/c1-3-8-16-15(12-10-17-18-19(12)2)14-9-11-6-4-5-7-13(11)20-14/h4-7,9-10,15-16H,3,8H2,1-2H3. The summed E-state index contributed by atoms with van der Waals surface area (Å²) in [5, 5.41) is 12.6. The number of nitrogens with one attached hydrogen (secondary N) is 1. The smallest absolute Gasteiger partial charge is 0.134 e. The molecule has 5 heteroatoms. The van der Waals surface area contributed by atoms with Crippen LogP contribution < -0.4 is 5.32 Å². The van der Waals surface area contributed by atoms with E-state index in [1.54, 1.807) is 10.9 Å². The molecule has 0 spiro atoms. The van der Waals surface area contributed by atoms with Gasteiger partial charge in [-0.05, 0) is 25.1 Å². The number of benzene rings is 1. The van der Waals surface area contributed by atoms with Crippen LogP contribution in [0.1, 0.15) is 30.8 Å². The monoisotopic (exact) mass is 270 g/mol. The van der Waals surface area contributed by atoms with E-state index in [0.29, 0.717) is 0 Å². The lowest BCUT2D eigenvalue weighted by atomic mass is 10.1. The van der Waals surface area contributed by atoms with Crippen molar-refractivity contribution in [1.29, 1.82) is 0 Å². The maximum Gasteiger partial charge on any atom is 0.134 e. The summed E-state index contributed by atoms with van der Waals surface area (Å²) in [6.07, 6.45) is 2.84. The molecule has 0 aliphatic carbocycles. The predicted molar refractivity (Wildman–Crippen MR) is 77.4 cm³/mol. The van der Waals surface area contributed by atoms with E-state index in [1.165, 1.54) is 0 Å². The Morgan fingerprint density at radius 2 is 2.20 bits per heavy atom. The van der Waals surface area contributed by atoms with Gasteiger partial charge in [0, 0.05) is 12.4 Å². The van der Waals surface area contributed by atoms with Crippen LogP contribution in [0.15, 0.2) is 40.9 Å². The number of fused-ring (bicyclic) bond motifs is 1. The Morgan fingerprint density at radius 3 is 2.90 bits per heavy atom. The molecule has 1 aromatic carbocycles. The SMILES string of the molecule is CCCNC(c1cc2ccccc2o1)c1cnnn1C. The van der Waals surface area contributed by atoms with Gasteiger partial charge in [0.05, 0.1) is 11.9 Å². The Labute approximate surface area is 117 Å². The van der Waals surface area contributed by atoms with E-state index in [-0.39, 0.29) is 6.04 Å². The van der Waals surface area contributed by atoms with Crippen molar-refractivity contribution in [2.24, 2.45) is 7.05 Å². The first-order valence-electron chi connectivity index (χ1n) is 6.86. The number of nitrogens with zero attached hydrogens (tertiary/aromatic N) is 3. The zero-order valence-electron chi connectivity index (χ0n) is 11.7. The van der Waals surface area contributed by atoms with Crippen LogP contribution in [0.3, 0.4) is 0 Å². The Kier molecular flexibility index (Phi) is 3.52. The molecule has 0 bridgehead atoms. The van der Waals surface area contributed by atoms with Gasteiger partial charge in [0.2, 0.25) is 0 Å². The minimum Gasteiger partial charge on any atom is -0.459 e. The van der Waals surface area contributed by atoms with E-state index in [2.05, 4.69) is 34.7 Å². The molecular weight excluding hydrogens is 252 g/mol. The van der Waals surface area contributed by atoms with Crippen LogP contribution in [-0.2, 0) is 7.05 Å². The lowest BCUT2D eigenvalue weighted by Crippen LogP contribution is -2.24. The van der Waals surface area contributed by atoms with Crippen LogP contribution in [-0.4, -0.2) is 21.5 Å². The van der Waals surface area contributed by atoms with Crippen molar-refractivity contribution in [3.05, 3.63) is 48.0 Å². The number of aryl methyl sites for hydroxylation is 1. The number of aromatic nitrogens is 3. The van der Waals surface area contributed by atoms with Crippen molar-refractivity contribution in [3.8, 4) is 0 Å². The molecule has 1 atom stereocenters. The second-order valence-electron chi connectivity index (χ2n) is 4.86. The molecule has 1 N–H and O–H groups in total. The van der Waals surface area contributed by atoms with Gasteiger partial charge in [-0.1, -0.05) is 30.3 Å². The first kappa shape index (κ1) is 12.9. The largest absolute Gasteiger partial charge is 0.459 e. The van der Waals surface area contributed by atoms with Gasteiger partial charge in [-0.15, -0.1) is 5.10 Å². The van der Waals surface area contributed by atoms with Gasteiger partial charge in [-0.25, -0.2) is 0 Å². The van der Waals surface area contributed by atoms with Gasteiger partial charge < -0.3 is 9.73 Å². The van der Waals surface area contributed by atoms with E-state index in [4.69, 9.17) is 4.42 Å². The third-order valence-corrected chi connectivity index (χ3v) is 3.37. The summed E-state index contributed by atoms with van der Waals surface area (Å²) in [5.74, 6) is 0.894. The van der Waals surface area contributed by atoms with Crippen molar-refractivity contribution >= 4 is 11.0 Å². The lowest BCUT2D eigenvalue weighted by Gasteiger charge is -2.15. The van der Waals surface area contributed by atoms with Crippen molar-refractivity contribution < 1.29 is 4.42 Å². The summed E-state index contributed by atoms with van der Waals surface area (Å²) >= 11 is 0. The third-order valence-electron chi connectivity index (χ3n) is 3.37. The van der Waals surface area contributed by atoms with E-state index >= 15 is 0 Å². The number of rotatable bonds is 5. The van der Waals surface area contributed by atoms with Gasteiger partial charge in [-0.2, -0.15) is 0 Å². The molecule has 0 aliphatic heterocycles. The van der Waals surface area contributed by atoms with Crippen LogP contribution in [0.2, 0.25) is 0 Å². The molecule has 3 aromatic rings. The first-order valence-corrected chi connectivity index (χ1v) is 6.86. The first-order chi connectivity index (χ1) is 9.79. The predicted octanol–water partition coefficient (Wildman–Crippen LogP) is 2.65. The van der Waals surface area contributed by atoms with Crippen LogP contribution in [0.4, 0.5) is 0 Å². The van der Waals surface area contributed by atoms with Crippen molar-refractivity contribution in [1.82, 2.24) is 20.3 Å². The van der Waals surface area contributed by atoms with Crippen molar-refractivity contribution in [2.45, 2.75) is 19.4 Å². The minimum atomic E-state index is -0.0256. The maximum atomic E-state index is 5.97. The average Bonchev–Trinajstić information content (AvgIpc) is 3.06. The molecule has 104 valence electrons. The molecule has 2 heterocycles. The molecule has 0 aliphatic rings. The topological polar surface area (TPSA) is 55.9 Å². The fourth-order valence-electron chi connectivity index (χ4n) is 2.34. The number of furan rings is 1. The highest BCUT2D eigenvalue weighted by molar-refractivity contribution is 5.77. The van der Waals surface area contributed by atoms with E-state index in [1.807, 2.05) is 25.2 Å². The summed E-state index contributed by atoms with van der Waals surface area (Å²) in [4.78, 5) is 0. The highest BCUT2D eigenvalue weighted by Crippen LogP contribution is 2.27. The van der Waals surface area contributed by atoms with E-state index in [9.17, 15) is 0 Å². The normalized spacial score (nSPS) is 12.9. The van der Waals surface area contributed by atoms with Crippen LogP contribution in [0.5, 0.6) is 0 Å². The second kappa shape index (κ2) is 5.46. The van der Waals surface area contributed by atoms with Crippen LogP contribution in [0.25, 0.3) is 11.0 Å². The quantitative estimate of drug-likeness (QED) is 0.774. The third kappa shape index (κ3) is 2.32. The van der Waals surface area contributed by atoms with Gasteiger partial charge in [0.15, 0.2) is 0 Å². The number of hydrogen-bond donors (Lipinski definition) is 1. The summed E-state index contributed by atoms with van der Waals surface area (Å²) in [7, 11) is 1.89. The molecule has 0 fully saturated rings. The van der Waals surface area contributed by atoms with Gasteiger partial charge >= 0.3 is 0 Å². The fourth-order valence-corrected chi connectivity index (χ4v) is 2.34. The molecule has 1 unspecified atom stereocenters.